The Morgan fingerprint density at radius 1 is 1.36 bits per heavy atom. The average Bonchev–Trinajstić information content (AvgIpc) is 2.29. The lowest BCUT2D eigenvalue weighted by Gasteiger charge is -2.22. The Labute approximate surface area is 84.1 Å². The number of pyridine rings is 1. The third-order valence-corrected chi connectivity index (χ3v) is 2.36. The van der Waals surface area contributed by atoms with Crippen LogP contribution in [0.25, 0.3) is 0 Å². The van der Waals surface area contributed by atoms with Crippen molar-refractivity contribution >= 4 is 0 Å². The van der Waals surface area contributed by atoms with Crippen LogP contribution >= 0.6 is 0 Å². The van der Waals surface area contributed by atoms with E-state index in [1.165, 1.54) is 12.8 Å². The number of aromatic nitrogens is 1. The van der Waals surface area contributed by atoms with Gasteiger partial charge in [0.15, 0.2) is 0 Å². The van der Waals surface area contributed by atoms with Crippen molar-refractivity contribution < 1.29 is 9.47 Å². The molecular weight excluding hydrogens is 178 g/mol. The fourth-order valence-corrected chi connectivity index (χ4v) is 1.56. The number of hydrogen-bond acceptors (Lipinski definition) is 3. The maximum absolute atomic E-state index is 5.58. The smallest absolute Gasteiger partial charge is 0.122 e. The minimum Gasteiger partial charge on any atom is -0.491 e. The Bertz CT molecular complexity index is 257. The zero-order valence-electron chi connectivity index (χ0n) is 8.19. The van der Waals surface area contributed by atoms with Crippen LogP contribution in [0.3, 0.4) is 0 Å². The van der Waals surface area contributed by atoms with Crippen molar-refractivity contribution in [1.82, 2.24) is 4.98 Å². The molecule has 3 heteroatoms. The molecule has 1 saturated heterocycles. The van der Waals surface area contributed by atoms with Gasteiger partial charge in [-0.1, -0.05) is 0 Å². The first-order valence-electron chi connectivity index (χ1n) is 5.09. The van der Waals surface area contributed by atoms with Gasteiger partial charge in [-0.15, -0.1) is 0 Å². The van der Waals surface area contributed by atoms with Gasteiger partial charge in [0.1, 0.15) is 12.4 Å². The Kier molecular flexibility index (Phi) is 3.35. The largest absolute Gasteiger partial charge is 0.491 e. The molecule has 0 spiro atoms. The van der Waals surface area contributed by atoms with Crippen LogP contribution in [0.1, 0.15) is 19.3 Å². The van der Waals surface area contributed by atoms with Crippen LogP contribution in [0.5, 0.6) is 5.75 Å². The lowest BCUT2D eigenvalue weighted by molar-refractivity contribution is -0.0110. The zero-order chi connectivity index (χ0) is 9.64. The van der Waals surface area contributed by atoms with Gasteiger partial charge < -0.3 is 9.47 Å². The van der Waals surface area contributed by atoms with Gasteiger partial charge in [-0.05, 0) is 31.4 Å². The minimum absolute atomic E-state index is 0.275. The molecule has 0 N–H and O–H groups in total. The van der Waals surface area contributed by atoms with Crippen molar-refractivity contribution in [3.05, 3.63) is 24.5 Å². The third-order valence-electron chi connectivity index (χ3n) is 2.36. The molecule has 0 bridgehead atoms. The highest BCUT2D eigenvalue weighted by atomic mass is 16.5. The van der Waals surface area contributed by atoms with Crippen molar-refractivity contribution in [2.45, 2.75) is 25.4 Å². The molecule has 3 nitrogen and oxygen atoms in total. The molecule has 1 aliphatic heterocycles. The molecule has 1 atom stereocenters. The Morgan fingerprint density at radius 2 is 2.21 bits per heavy atom. The van der Waals surface area contributed by atoms with Gasteiger partial charge in [0, 0.05) is 19.0 Å². The molecule has 1 aliphatic rings. The van der Waals surface area contributed by atoms with Crippen molar-refractivity contribution in [3.8, 4) is 5.75 Å². The summed E-state index contributed by atoms with van der Waals surface area (Å²) in [4.78, 5) is 3.93. The fraction of sp³-hybridized carbons (Fsp3) is 0.545. The molecule has 1 unspecified atom stereocenters. The van der Waals surface area contributed by atoms with Crippen molar-refractivity contribution in [1.29, 1.82) is 0 Å². The third kappa shape index (κ3) is 2.70. The molecule has 0 amide bonds. The molecule has 0 radical (unpaired) electrons. The standard InChI is InChI=1S/C11H15NO2/c1-2-8-13-11(3-1)9-14-10-4-6-12-7-5-10/h4-7,11H,1-3,8-9H2. The van der Waals surface area contributed by atoms with E-state index < -0.39 is 0 Å². The van der Waals surface area contributed by atoms with Gasteiger partial charge >= 0.3 is 0 Å². The second-order valence-corrected chi connectivity index (χ2v) is 3.48. The van der Waals surface area contributed by atoms with Gasteiger partial charge in [0.25, 0.3) is 0 Å². The van der Waals surface area contributed by atoms with Crippen LogP contribution in [0.4, 0.5) is 0 Å². The summed E-state index contributed by atoms with van der Waals surface area (Å²) in [6.07, 6.45) is 7.30. The highest BCUT2D eigenvalue weighted by Gasteiger charge is 2.13. The van der Waals surface area contributed by atoms with Crippen molar-refractivity contribution in [2.24, 2.45) is 0 Å². The molecule has 1 aromatic rings. The second-order valence-electron chi connectivity index (χ2n) is 3.48. The Balaban J connectivity index is 1.76. The number of rotatable bonds is 3. The first kappa shape index (κ1) is 9.46. The predicted molar refractivity (Wildman–Crippen MR) is 53.3 cm³/mol. The molecule has 0 aliphatic carbocycles. The maximum Gasteiger partial charge on any atom is 0.122 e. The van der Waals surface area contributed by atoms with Gasteiger partial charge in [-0.3, -0.25) is 4.98 Å². The van der Waals surface area contributed by atoms with Gasteiger partial charge in [-0.2, -0.15) is 0 Å². The van der Waals surface area contributed by atoms with Crippen LogP contribution in [-0.2, 0) is 4.74 Å². The SMILES string of the molecule is c1cc(OCC2CCCCO2)ccn1. The van der Waals surface area contributed by atoms with E-state index in [-0.39, 0.29) is 6.10 Å². The molecule has 0 saturated carbocycles. The number of ether oxygens (including phenoxy) is 2. The summed E-state index contributed by atoms with van der Waals surface area (Å²) in [5.74, 6) is 0.870. The van der Waals surface area contributed by atoms with E-state index in [1.807, 2.05) is 12.1 Å². The van der Waals surface area contributed by atoms with Gasteiger partial charge in [0.2, 0.25) is 0 Å². The van der Waals surface area contributed by atoms with Crippen LogP contribution < -0.4 is 4.74 Å². The molecule has 0 aromatic carbocycles. The summed E-state index contributed by atoms with van der Waals surface area (Å²) in [6.45, 7) is 1.54. The van der Waals surface area contributed by atoms with E-state index in [0.29, 0.717) is 6.61 Å². The lowest BCUT2D eigenvalue weighted by Crippen LogP contribution is -2.25. The quantitative estimate of drug-likeness (QED) is 0.736. The Morgan fingerprint density at radius 3 is 2.93 bits per heavy atom. The summed E-state index contributed by atoms with van der Waals surface area (Å²) in [5, 5.41) is 0. The monoisotopic (exact) mass is 193 g/mol. The Hall–Kier alpha value is -1.09. The topological polar surface area (TPSA) is 31.4 Å². The summed E-state index contributed by atoms with van der Waals surface area (Å²) in [5.41, 5.74) is 0. The second kappa shape index (κ2) is 4.96. The highest BCUT2D eigenvalue weighted by Crippen LogP contribution is 2.14. The van der Waals surface area contributed by atoms with E-state index in [1.54, 1.807) is 12.4 Å². The first-order chi connectivity index (χ1) is 6.95. The summed E-state index contributed by atoms with van der Waals surface area (Å²) >= 11 is 0. The van der Waals surface area contributed by atoms with Crippen LogP contribution in [0.15, 0.2) is 24.5 Å². The van der Waals surface area contributed by atoms with E-state index >= 15 is 0 Å². The normalized spacial score (nSPS) is 21.9. The molecule has 2 heterocycles. The lowest BCUT2D eigenvalue weighted by atomic mass is 10.1. The highest BCUT2D eigenvalue weighted by molar-refractivity contribution is 5.16. The zero-order valence-corrected chi connectivity index (χ0v) is 8.19. The molecule has 1 aromatic heterocycles. The van der Waals surface area contributed by atoms with Crippen LogP contribution in [-0.4, -0.2) is 24.3 Å². The fourth-order valence-electron chi connectivity index (χ4n) is 1.56. The van der Waals surface area contributed by atoms with E-state index in [9.17, 15) is 0 Å². The van der Waals surface area contributed by atoms with E-state index in [0.717, 1.165) is 18.8 Å². The summed E-state index contributed by atoms with van der Waals surface area (Å²) in [7, 11) is 0. The minimum atomic E-state index is 0.275. The average molecular weight is 193 g/mol. The maximum atomic E-state index is 5.58. The summed E-state index contributed by atoms with van der Waals surface area (Å²) in [6, 6.07) is 3.73. The van der Waals surface area contributed by atoms with Gasteiger partial charge in [0.05, 0.1) is 6.10 Å². The van der Waals surface area contributed by atoms with Crippen molar-refractivity contribution in [3.63, 3.8) is 0 Å². The molecule has 14 heavy (non-hydrogen) atoms. The number of nitrogens with zero attached hydrogens (tertiary/aromatic N) is 1. The van der Waals surface area contributed by atoms with E-state index in [2.05, 4.69) is 4.98 Å². The van der Waals surface area contributed by atoms with Crippen LogP contribution in [0.2, 0.25) is 0 Å². The first-order valence-corrected chi connectivity index (χ1v) is 5.09. The summed E-state index contributed by atoms with van der Waals surface area (Å²) < 4.78 is 11.1. The molecule has 76 valence electrons. The van der Waals surface area contributed by atoms with E-state index in [4.69, 9.17) is 9.47 Å². The molecule has 2 rings (SSSR count). The predicted octanol–water partition coefficient (Wildman–Crippen LogP) is 2.03. The van der Waals surface area contributed by atoms with Crippen LogP contribution in [0, 0.1) is 0 Å². The number of hydrogen-bond donors (Lipinski definition) is 0. The van der Waals surface area contributed by atoms with Crippen molar-refractivity contribution in [2.75, 3.05) is 13.2 Å². The molecular formula is C11H15NO2. The van der Waals surface area contributed by atoms with Gasteiger partial charge in [-0.25, -0.2) is 0 Å². The molecule has 1 fully saturated rings.